The van der Waals surface area contributed by atoms with Crippen molar-refractivity contribution in [2.24, 2.45) is 0 Å². The van der Waals surface area contributed by atoms with E-state index in [1.165, 1.54) is 12.1 Å². The van der Waals surface area contributed by atoms with E-state index in [9.17, 15) is 9.18 Å². The van der Waals surface area contributed by atoms with Crippen molar-refractivity contribution in [1.82, 2.24) is 4.98 Å². The Hall–Kier alpha value is -3.61. The lowest BCUT2D eigenvalue weighted by molar-refractivity contribution is -0.117. The minimum atomic E-state index is -0.255. The molecule has 7 heteroatoms. The van der Waals surface area contributed by atoms with Crippen molar-refractivity contribution >= 4 is 23.1 Å². The third-order valence-electron chi connectivity index (χ3n) is 5.48. The van der Waals surface area contributed by atoms with E-state index in [-0.39, 0.29) is 17.8 Å². The highest BCUT2D eigenvalue weighted by Gasteiger charge is 2.28. The van der Waals surface area contributed by atoms with Gasteiger partial charge in [-0.15, -0.1) is 0 Å². The topological polar surface area (TPSA) is 66.5 Å². The summed E-state index contributed by atoms with van der Waals surface area (Å²) in [5.74, 6) is 1.22. The second-order valence-electron chi connectivity index (χ2n) is 7.68. The van der Waals surface area contributed by atoms with E-state index in [0.717, 1.165) is 39.8 Å². The molecule has 0 spiro atoms. The van der Waals surface area contributed by atoms with Gasteiger partial charge in [-0.2, -0.15) is 0 Å². The van der Waals surface area contributed by atoms with Gasteiger partial charge in [0.25, 0.3) is 0 Å². The van der Waals surface area contributed by atoms with Crippen LogP contribution in [0, 0.1) is 12.7 Å². The number of carbonyl (C=O) groups excluding carboxylic acids is 1. The SMILES string of the molecule is Cc1nc(NCc2ccc(OCc3ccc(F)cc3)cc2)cc2c1NC(=O)[C@H](C)N2C. The van der Waals surface area contributed by atoms with Gasteiger partial charge in [-0.25, -0.2) is 9.37 Å². The number of nitrogens with zero attached hydrogens (tertiary/aromatic N) is 2. The molecule has 160 valence electrons. The average Bonchev–Trinajstić information content (AvgIpc) is 2.77. The molecule has 31 heavy (non-hydrogen) atoms. The van der Waals surface area contributed by atoms with Gasteiger partial charge in [0, 0.05) is 19.7 Å². The summed E-state index contributed by atoms with van der Waals surface area (Å²) in [6.45, 7) is 4.76. The van der Waals surface area contributed by atoms with Crippen molar-refractivity contribution in [3.8, 4) is 5.75 Å². The summed E-state index contributed by atoms with van der Waals surface area (Å²) in [6.07, 6.45) is 0. The maximum absolute atomic E-state index is 13.0. The molecule has 4 rings (SSSR count). The maximum Gasteiger partial charge on any atom is 0.246 e. The number of carbonyl (C=O) groups is 1. The number of pyridine rings is 1. The number of rotatable bonds is 6. The van der Waals surface area contributed by atoms with E-state index in [4.69, 9.17) is 4.74 Å². The number of likely N-dealkylation sites (N-methyl/N-ethyl adjacent to an activating group) is 1. The van der Waals surface area contributed by atoms with Crippen LogP contribution in [0.2, 0.25) is 0 Å². The minimum absolute atomic E-state index is 0.0256. The van der Waals surface area contributed by atoms with Crippen molar-refractivity contribution in [2.75, 3.05) is 22.6 Å². The largest absolute Gasteiger partial charge is 0.489 e. The Kier molecular flexibility index (Phi) is 5.75. The number of halogens is 1. The fourth-order valence-electron chi connectivity index (χ4n) is 3.43. The van der Waals surface area contributed by atoms with Gasteiger partial charge in [0.2, 0.25) is 5.91 Å². The van der Waals surface area contributed by atoms with Crippen LogP contribution >= 0.6 is 0 Å². The lowest BCUT2D eigenvalue weighted by Crippen LogP contribution is -2.44. The van der Waals surface area contributed by atoms with Gasteiger partial charge >= 0.3 is 0 Å². The fraction of sp³-hybridized carbons (Fsp3) is 0.250. The molecule has 0 saturated carbocycles. The standard InChI is InChI=1S/C24H25FN4O2/c1-15-23-21(29(3)16(2)24(30)28-23)12-22(27-15)26-13-17-6-10-20(11-7-17)31-14-18-4-8-19(25)9-5-18/h4-12,16H,13-14H2,1-3H3,(H,26,27)(H,28,30)/t16-/m0/s1. The number of aryl methyl sites for hydroxylation is 1. The van der Waals surface area contributed by atoms with Gasteiger partial charge in [-0.1, -0.05) is 24.3 Å². The van der Waals surface area contributed by atoms with Gasteiger partial charge in [0.15, 0.2) is 0 Å². The minimum Gasteiger partial charge on any atom is -0.489 e. The Morgan fingerprint density at radius 3 is 2.52 bits per heavy atom. The number of nitrogens with one attached hydrogen (secondary N) is 2. The summed E-state index contributed by atoms with van der Waals surface area (Å²) in [5, 5.41) is 6.29. The van der Waals surface area contributed by atoms with Crippen LogP contribution < -0.4 is 20.3 Å². The van der Waals surface area contributed by atoms with Crippen molar-refractivity contribution in [2.45, 2.75) is 33.0 Å². The summed E-state index contributed by atoms with van der Waals surface area (Å²) >= 11 is 0. The summed E-state index contributed by atoms with van der Waals surface area (Å²) in [7, 11) is 1.91. The number of hydrogen-bond donors (Lipinski definition) is 2. The second kappa shape index (κ2) is 8.63. The molecule has 0 aliphatic carbocycles. The van der Waals surface area contributed by atoms with Crippen LogP contribution in [0.3, 0.4) is 0 Å². The predicted molar refractivity (Wildman–Crippen MR) is 120 cm³/mol. The second-order valence-corrected chi connectivity index (χ2v) is 7.68. The van der Waals surface area contributed by atoms with Crippen molar-refractivity contribution in [3.05, 3.63) is 77.2 Å². The van der Waals surface area contributed by atoms with Crippen LogP contribution in [0.5, 0.6) is 5.75 Å². The highest BCUT2D eigenvalue weighted by atomic mass is 19.1. The zero-order chi connectivity index (χ0) is 22.0. The number of anilines is 3. The molecular weight excluding hydrogens is 395 g/mol. The van der Waals surface area contributed by atoms with Gasteiger partial charge in [-0.05, 0) is 49.2 Å². The molecule has 6 nitrogen and oxygen atoms in total. The van der Waals surface area contributed by atoms with E-state index in [1.54, 1.807) is 12.1 Å². The molecule has 0 saturated heterocycles. The quantitative estimate of drug-likeness (QED) is 0.615. The van der Waals surface area contributed by atoms with Gasteiger partial charge in [0.1, 0.15) is 30.0 Å². The van der Waals surface area contributed by atoms with Gasteiger partial charge in [-0.3, -0.25) is 4.79 Å². The number of hydrogen-bond acceptors (Lipinski definition) is 5. The molecule has 1 aromatic heterocycles. The van der Waals surface area contributed by atoms with Crippen molar-refractivity contribution in [3.63, 3.8) is 0 Å². The Morgan fingerprint density at radius 2 is 1.81 bits per heavy atom. The van der Waals surface area contributed by atoms with E-state index in [1.807, 2.05) is 56.1 Å². The maximum atomic E-state index is 13.0. The molecule has 2 heterocycles. The van der Waals surface area contributed by atoms with E-state index in [0.29, 0.717) is 13.2 Å². The first-order chi connectivity index (χ1) is 14.9. The van der Waals surface area contributed by atoms with Gasteiger partial charge < -0.3 is 20.3 Å². The zero-order valence-corrected chi connectivity index (χ0v) is 17.8. The lowest BCUT2D eigenvalue weighted by atomic mass is 10.1. The number of ether oxygens (including phenoxy) is 1. The van der Waals surface area contributed by atoms with Crippen LogP contribution in [0.15, 0.2) is 54.6 Å². The van der Waals surface area contributed by atoms with Gasteiger partial charge in [0.05, 0.1) is 17.1 Å². The van der Waals surface area contributed by atoms with Crippen LogP contribution in [0.25, 0.3) is 0 Å². The number of aromatic nitrogens is 1. The molecule has 0 fully saturated rings. The van der Waals surface area contributed by atoms with E-state index < -0.39 is 0 Å². The highest BCUT2D eigenvalue weighted by Crippen LogP contribution is 2.35. The third kappa shape index (κ3) is 4.60. The summed E-state index contributed by atoms with van der Waals surface area (Å²) in [6, 6.07) is 15.8. The molecule has 0 radical (unpaired) electrons. The monoisotopic (exact) mass is 420 g/mol. The Bertz CT molecular complexity index is 1080. The number of amides is 1. The average molecular weight is 420 g/mol. The first-order valence-electron chi connectivity index (χ1n) is 10.2. The molecule has 3 aromatic rings. The summed E-state index contributed by atoms with van der Waals surface area (Å²) < 4.78 is 18.7. The fourth-order valence-corrected chi connectivity index (χ4v) is 3.43. The zero-order valence-electron chi connectivity index (χ0n) is 17.8. The molecule has 0 unspecified atom stereocenters. The van der Waals surface area contributed by atoms with Crippen molar-refractivity contribution in [1.29, 1.82) is 0 Å². The Balaban J connectivity index is 1.38. The molecule has 1 aliphatic heterocycles. The first kappa shape index (κ1) is 20.7. The first-order valence-corrected chi connectivity index (χ1v) is 10.2. The number of benzene rings is 2. The summed E-state index contributed by atoms with van der Waals surface area (Å²) in [5.41, 5.74) is 4.49. The smallest absolute Gasteiger partial charge is 0.246 e. The van der Waals surface area contributed by atoms with Crippen LogP contribution in [0.1, 0.15) is 23.7 Å². The van der Waals surface area contributed by atoms with Crippen molar-refractivity contribution < 1.29 is 13.9 Å². The summed E-state index contributed by atoms with van der Waals surface area (Å²) in [4.78, 5) is 18.6. The van der Waals surface area contributed by atoms with Crippen LogP contribution in [0.4, 0.5) is 21.6 Å². The normalized spacial score (nSPS) is 15.3. The molecule has 2 N–H and O–H groups in total. The molecule has 2 aromatic carbocycles. The molecule has 1 atom stereocenters. The van der Waals surface area contributed by atoms with Crippen LogP contribution in [-0.4, -0.2) is 24.0 Å². The molecule has 1 amide bonds. The third-order valence-corrected chi connectivity index (χ3v) is 5.48. The molecule has 1 aliphatic rings. The molecular formula is C24H25FN4O2. The number of fused-ring (bicyclic) bond motifs is 1. The predicted octanol–water partition coefficient (Wildman–Crippen LogP) is 4.50. The van der Waals surface area contributed by atoms with E-state index >= 15 is 0 Å². The van der Waals surface area contributed by atoms with E-state index in [2.05, 4.69) is 15.6 Å². The molecule has 0 bridgehead atoms. The van der Waals surface area contributed by atoms with Crippen LogP contribution in [-0.2, 0) is 17.9 Å². The highest BCUT2D eigenvalue weighted by molar-refractivity contribution is 6.04. The lowest BCUT2D eigenvalue weighted by Gasteiger charge is -2.34. The Morgan fingerprint density at radius 1 is 1.13 bits per heavy atom. The Labute approximate surface area is 181 Å².